The zero-order valence-corrected chi connectivity index (χ0v) is 21.7. The molecule has 192 valence electrons. The number of likely N-dealkylation sites (tertiary alicyclic amines) is 1. The monoisotopic (exact) mass is 512 g/mol. The summed E-state index contributed by atoms with van der Waals surface area (Å²) in [5.41, 5.74) is 4.77. The van der Waals surface area contributed by atoms with Crippen molar-refractivity contribution < 1.29 is 14.3 Å². The summed E-state index contributed by atoms with van der Waals surface area (Å²) in [5.74, 6) is -0.142. The maximum Gasteiger partial charge on any atom is 0.261 e. The van der Waals surface area contributed by atoms with Crippen LogP contribution in [-0.4, -0.2) is 29.4 Å². The van der Waals surface area contributed by atoms with Gasteiger partial charge < -0.3 is 4.74 Å². The molecule has 0 aliphatic carbocycles. The lowest BCUT2D eigenvalue weighted by molar-refractivity contribution is -0.147. The molecular formula is C34H28N2O3. The van der Waals surface area contributed by atoms with Crippen molar-refractivity contribution in [1.82, 2.24) is 4.90 Å². The standard InChI is InChI=1S/C34H28N2O3/c1-2-39-32-14-7-6-13-29(32)27-16-18-28(19-17-27)33(37)36-31(20-15-24-9-4-3-5-10-24)30(34(36)38)22-25-11-8-12-26(21-25)23-35/h3-21,30-31H,2,22H2,1H3/b20-15+/t30-,31-/m1/s1. The average molecular weight is 513 g/mol. The van der Waals surface area contributed by atoms with E-state index in [1.807, 2.05) is 97.9 Å². The normalized spacial score (nSPS) is 16.5. The molecule has 5 nitrogen and oxygen atoms in total. The first kappa shape index (κ1) is 25.7. The van der Waals surface area contributed by atoms with Gasteiger partial charge in [0.25, 0.3) is 5.91 Å². The molecule has 0 bridgehead atoms. The van der Waals surface area contributed by atoms with E-state index in [0.29, 0.717) is 24.2 Å². The fourth-order valence-electron chi connectivity index (χ4n) is 4.95. The summed E-state index contributed by atoms with van der Waals surface area (Å²) in [4.78, 5) is 28.3. The van der Waals surface area contributed by atoms with Crippen LogP contribution in [0.3, 0.4) is 0 Å². The number of nitrogens with zero attached hydrogens (tertiary/aromatic N) is 2. The molecule has 1 heterocycles. The van der Waals surface area contributed by atoms with Crippen molar-refractivity contribution in [2.75, 3.05) is 6.61 Å². The van der Waals surface area contributed by atoms with Crippen molar-refractivity contribution in [1.29, 1.82) is 5.26 Å². The number of imide groups is 1. The average Bonchev–Trinajstić information content (AvgIpc) is 2.99. The Kier molecular flexibility index (Phi) is 7.65. The number of β-lactam (4-membered cyclic amide) rings is 1. The topological polar surface area (TPSA) is 70.4 Å². The molecule has 0 unspecified atom stereocenters. The lowest BCUT2D eigenvalue weighted by atomic mass is 9.81. The Morgan fingerprint density at radius 2 is 1.69 bits per heavy atom. The summed E-state index contributed by atoms with van der Waals surface area (Å²) >= 11 is 0. The summed E-state index contributed by atoms with van der Waals surface area (Å²) in [6, 6.07) is 33.9. The molecule has 2 atom stereocenters. The van der Waals surface area contributed by atoms with E-state index in [9.17, 15) is 14.9 Å². The van der Waals surface area contributed by atoms with E-state index in [4.69, 9.17) is 4.74 Å². The minimum atomic E-state index is -0.394. The highest BCUT2D eigenvalue weighted by molar-refractivity contribution is 6.10. The summed E-state index contributed by atoms with van der Waals surface area (Å²) in [5, 5.41) is 9.27. The third-order valence-electron chi connectivity index (χ3n) is 6.91. The Bertz CT molecular complexity index is 1550. The Hall–Kier alpha value is -4.95. The summed E-state index contributed by atoms with van der Waals surface area (Å²) in [6.07, 6.45) is 4.33. The van der Waals surface area contributed by atoms with E-state index < -0.39 is 6.04 Å². The predicted molar refractivity (Wildman–Crippen MR) is 152 cm³/mol. The van der Waals surface area contributed by atoms with Gasteiger partial charge in [0, 0.05) is 11.1 Å². The molecule has 1 fully saturated rings. The fourth-order valence-corrected chi connectivity index (χ4v) is 4.95. The van der Waals surface area contributed by atoms with E-state index in [1.165, 1.54) is 4.90 Å². The lowest BCUT2D eigenvalue weighted by Crippen LogP contribution is -2.62. The molecule has 0 aromatic heterocycles. The van der Waals surface area contributed by atoms with Gasteiger partial charge in [0.15, 0.2) is 0 Å². The first-order valence-corrected chi connectivity index (χ1v) is 13.0. The highest BCUT2D eigenvalue weighted by atomic mass is 16.5. The minimum Gasteiger partial charge on any atom is -0.493 e. The highest BCUT2D eigenvalue weighted by Crippen LogP contribution is 2.34. The van der Waals surface area contributed by atoms with Crippen LogP contribution in [0.1, 0.15) is 34.0 Å². The molecule has 5 rings (SSSR count). The fraction of sp³-hybridized carbons (Fsp3) is 0.147. The number of ether oxygens (including phenoxy) is 1. The maximum atomic E-state index is 13.6. The van der Waals surface area contributed by atoms with Gasteiger partial charge in [0.1, 0.15) is 5.75 Å². The van der Waals surface area contributed by atoms with Crippen LogP contribution in [0.25, 0.3) is 17.2 Å². The van der Waals surface area contributed by atoms with Crippen molar-refractivity contribution in [2.45, 2.75) is 19.4 Å². The molecular weight excluding hydrogens is 484 g/mol. The Morgan fingerprint density at radius 1 is 0.949 bits per heavy atom. The van der Waals surface area contributed by atoms with Gasteiger partial charge in [-0.3, -0.25) is 14.5 Å². The number of carbonyl (C=O) groups is 2. The molecule has 5 heteroatoms. The second-order valence-electron chi connectivity index (χ2n) is 9.40. The summed E-state index contributed by atoms with van der Waals surface area (Å²) in [6.45, 7) is 2.50. The summed E-state index contributed by atoms with van der Waals surface area (Å²) < 4.78 is 5.76. The molecule has 1 aliphatic rings. The molecule has 39 heavy (non-hydrogen) atoms. The van der Waals surface area contributed by atoms with Crippen LogP contribution in [0, 0.1) is 17.2 Å². The Labute approximate surface area is 228 Å². The second-order valence-corrected chi connectivity index (χ2v) is 9.40. The van der Waals surface area contributed by atoms with Gasteiger partial charge >= 0.3 is 0 Å². The van der Waals surface area contributed by atoms with Crippen LogP contribution in [0.2, 0.25) is 0 Å². The largest absolute Gasteiger partial charge is 0.493 e. The number of para-hydroxylation sites is 1. The van der Waals surface area contributed by atoms with Gasteiger partial charge in [-0.1, -0.05) is 84.9 Å². The van der Waals surface area contributed by atoms with Crippen LogP contribution >= 0.6 is 0 Å². The van der Waals surface area contributed by atoms with E-state index in [-0.39, 0.29) is 17.7 Å². The number of carbonyl (C=O) groups excluding carboxylic acids is 2. The van der Waals surface area contributed by atoms with E-state index in [1.54, 1.807) is 24.3 Å². The summed E-state index contributed by atoms with van der Waals surface area (Å²) in [7, 11) is 0. The van der Waals surface area contributed by atoms with Crippen molar-refractivity contribution in [3.8, 4) is 22.9 Å². The number of amides is 2. The minimum absolute atomic E-state index is 0.212. The second kappa shape index (κ2) is 11.6. The SMILES string of the molecule is CCOc1ccccc1-c1ccc(C(=O)N2C(=O)[C@H](Cc3cccc(C#N)c3)[C@H]2/C=C/c2ccccc2)cc1. The van der Waals surface area contributed by atoms with Crippen LogP contribution in [0.15, 0.2) is 109 Å². The molecule has 0 spiro atoms. The predicted octanol–water partition coefficient (Wildman–Crippen LogP) is 6.55. The van der Waals surface area contributed by atoms with Crippen molar-refractivity contribution in [2.24, 2.45) is 5.92 Å². The first-order valence-electron chi connectivity index (χ1n) is 13.0. The molecule has 0 N–H and O–H groups in total. The Morgan fingerprint density at radius 3 is 2.44 bits per heavy atom. The van der Waals surface area contributed by atoms with E-state index >= 15 is 0 Å². The van der Waals surface area contributed by atoms with E-state index in [0.717, 1.165) is 28.0 Å². The number of hydrogen-bond acceptors (Lipinski definition) is 4. The molecule has 4 aromatic carbocycles. The molecule has 2 amide bonds. The highest BCUT2D eigenvalue weighted by Gasteiger charge is 2.49. The maximum absolute atomic E-state index is 13.6. The number of hydrogen-bond donors (Lipinski definition) is 0. The van der Waals surface area contributed by atoms with Crippen molar-refractivity contribution in [3.63, 3.8) is 0 Å². The number of nitriles is 1. The van der Waals surface area contributed by atoms with Gasteiger partial charge in [0.2, 0.25) is 5.91 Å². The Balaban J connectivity index is 1.40. The quantitative estimate of drug-likeness (QED) is 0.198. The van der Waals surface area contributed by atoms with Gasteiger partial charge in [-0.15, -0.1) is 0 Å². The van der Waals surface area contributed by atoms with Gasteiger partial charge in [-0.2, -0.15) is 5.26 Å². The van der Waals surface area contributed by atoms with Crippen molar-refractivity contribution in [3.05, 3.63) is 131 Å². The molecule has 0 saturated carbocycles. The lowest BCUT2D eigenvalue weighted by Gasteiger charge is -2.44. The van der Waals surface area contributed by atoms with Gasteiger partial charge in [-0.05, 0) is 60.4 Å². The van der Waals surface area contributed by atoms with Gasteiger partial charge in [-0.25, -0.2) is 0 Å². The third-order valence-corrected chi connectivity index (χ3v) is 6.91. The molecule has 1 aliphatic heterocycles. The van der Waals surface area contributed by atoms with Gasteiger partial charge in [0.05, 0.1) is 30.2 Å². The molecule has 4 aromatic rings. The third kappa shape index (κ3) is 5.51. The van der Waals surface area contributed by atoms with Crippen LogP contribution in [0.5, 0.6) is 5.75 Å². The number of rotatable bonds is 8. The molecule has 1 saturated heterocycles. The first-order chi connectivity index (χ1) is 19.1. The van der Waals surface area contributed by atoms with Crippen LogP contribution < -0.4 is 4.74 Å². The van der Waals surface area contributed by atoms with Crippen LogP contribution in [0.4, 0.5) is 0 Å². The zero-order chi connectivity index (χ0) is 27.2. The number of benzene rings is 4. The van der Waals surface area contributed by atoms with Crippen LogP contribution in [-0.2, 0) is 11.2 Å². The van der Waals surface area contributed by atoms with Crippen molar-refractivity contribution >= 4 is 17.9 Å². The zero-order valence-electron chi connectivity index (χ0n) is 21.7. The smallest absolute Gasteiger partial charge is 0.261 e. The molecule has 0 radical (unpaired) electrons. The van der Waals surface area contributed by atoms with E-state index in [2.05, 4.69) is 6.07 Å².